The van der Waals surface area contributed by atoms with Crippen LogP contribution in [0.25, 0.3) is 10.4 Å². The van der Waals surface area contributed by atoms with Crippen LogP contribution >= 0.6 is 11.8 Å². The van der Waals surface area contributed by atoms with E-state index in [-0.39, 0.29) is 12.2 Å². The fraction of sp³-hybridized carbons (Fsp3) is 0.412. The van der Waals surface area contributed by atoms with Gasteiger partial charge in [0.25, 0.3) is 5.56 Å². The number of rotatable bonds is 6. The van der Waals surface area contributed by atoms with Gasteiger partial charge in [0, 0.05) is 29.5 Å². The number of thioether (sulfide) groups is 1. The second-order valence-corrected chi connectivity index (χ2v) is 6.72. The summed E-state index contributed by atoms with van der Waals surface area (Å²) in [7, 11) is 0. The molecule has 1 saturated heterocycles. The Morgan fingerprint density at radius 1 is 1.46 bits per heavy atom. The van der Waals surface area contributed by atoms with Gasteiger partial charge in [-0.15, -0.1) is 0 Å². The second-order valence-electron chi connectivity index (χ2n) is 5.95. The van der Waals surface area contributed by atoms with Crippen LogP contribution in [0, 0.1) is 0 Å². The number of hydrogen-bond acceptors (Lipinski definition) is 6. The van der Waals surface area contributed by atoms with Crippen molar-refractivity contribution in [2.45, 2.75) is 36.4 Å². The highest BCUT2D eigenvalue weighted by atomic mass is 32.2. The SMILES string of the molecule is CSc1nc(=O)c(Cc2ccccc2)cn1[C@@H]1C[C@H](N=[N+]=[N-])[C@@H](CO)O1. The van der Waals surface area contributed by atoms with Crippen LogP contribution < -0.4 is 5.56 Å². The summed E-state index contributed by atoms with van der Waals surface area (Å²) in [6.45, 7) is -0.237. The number of hydrogen-bond donors (Lipinski definition) is 1. The number of benzene rings is 1. The van der Waals surface area contributed by atoms with Gasteiger partial charge in [-0.1, -0.05) is 47.2 Å². The van der Waals surface area contributed by atoms with E-state index in [1.165, 1.54) is 11.8 Å². The smallest absolute Gasteiger partial charge is 0.277 e. The highest BCUT2D eigenvalue weighted by molar-refractivity contribution is 7.98. The molecule has 8 nitrogen and oxygen atoms in total. The summed E-state index contributed by atoms with van der Waals surface area (Å²) in [5, 5.41) is 13.7. The van der Waals surface area contributed by atoms with Crippen LogP contribution in [0.1, 0.15) is 23.8 Å². The molecule has 1 fully saturated rings. The molecule has 0 aliphatic carbocycles. The van der Waals surface area contributed by atoms with Crippen LogP contribution in [0.15, 0.2) is 51.6 Å². The van der Waals surface area contributed by atoms with Crippen LogP contribution in [0.5, 0.6) is 0 Å². The normalized spacial score (nSPS) is 22.2. The molecule has 3 atom stereocenters. The third-order valence-corrected chi connectivity index (χ3v) is 4.97. The van der Waals surface area contributed by atoms with Crippen molar-refractivity contribution in [3.8, 4) is 0 Å². The molecule has 0 bridgehead atoms. The summed E-state index contributed by atoms with van der Waals surface area (Å²) >= 11 is 1.34. The molecule has 136 valence electrons. The first-order valence-electron chi connectivity index (χ1n) is 8.16. The molecular formula is C17H19N5O3S. The molecule has 3 rings (SSSR count). The second kappa shape index (κ2) is 8.37. The molecule has 1 aliphatic rings. The predicted octanol–water partition coefficient (Wildman–Crippen LogP) is 2.51. The lowest BCUT2D eigenvalue weighted by atomic mass is 10.1. The highest BCUT2D eigenvalue weighted by Gasteiger charge is 2.36. The predicted molar refractivity (Wildman–Crippen MR) is 98.1 cm³/mol. The quantitative estimate of drug-likeness (QED) is 0.275. The van der Waals surface area contributed by atoms with E-state index in [0.717, 1.165) is 5.56 Å². The Balaban J connectivity index is 1.94. The van der Waals surface area contributed by atoms with Crippen LogP contribution in [-0.4, -0.2) is 39.7 Å². The van der Waals surface area contributed by atoms with E-state index >= 15 is 0 Å². The standard InChI is InChI=1S/C17H19N5O3S/c1-26-17-19-16(24)12(7-11-5-3-2-4-6-11)9-22(17)15-8-13(20-21-18)14(10-23)25-15/h2-6,9,13-15,23H,7-8,10H2,1H3/t13-,14+,15-/m0/s1. The van der Waals surface area contributed by atoms with E-state index < -0.39 is 18.4 Å². The molecular weight excluding hydrogens is 354 g/mol. The van der Waals surface area contributed by atoms with E-state index in [9.17, 15) is 9.90 Å². The fourth-order valence-electron chi connectivity index (χ4n) is 3.03. The van der Waals surface area contributed by atoms with Crippen molar-refractivity contribution in [3.63, 3.8) is 0 Å². The maximum atomic E-state index is 12.4. The topological polar surface area (TPSA) is 113 Å². The minimum Gasteiger partial charge on any atom is -0.394 e. The molecule has 26 heavy (non-hydrogen) atoms. The number of aliphatic hydroxyl groups is 1. The molecule has 1 aromatic heterocycles. The summed E-state index contributed by atoms with van der Waals surface area (Å²) in [4.78, 5) is 19.4. The largest absolute Gasteiger partial charge is 0.394 e. The molecule has 0 saturated carbocycles. The fourth-order valence-corrected chi connectivity index (χ4v) is 3.58. The summed E-state index contributed by atoms with van der Waals surface area (Å²) in [6, 6.07) is 9.23. The molecule has 9 heteroatoms. The molecule has 0 amide bonds. The van der Waals surface area contributed by atoms with Crippen LogP contribution in [0.2, 0.25) is 0 Å². The first kappa shape index (κ1) is 18.5. The van der Waals surface area contributed by atoms with Gasteiger partial charge < -0.3 is 14.4 Å². The van der Waals surface area contributed by atoms with Crippen molar-refractivity contribution in [2.75, 3.05) is 12.9 Å². The van der Waals surface area contributed by atoms with Gasteiger partial charge in [-0.3, -0.25) is 4.79 Å². The lowest BCUT2D eigenvalue weighted by Crippen LogP contribution is -2.24. The van der Waals surface area contributed by atoms with Crippen molar-refractivity contribution >= 4 is 11.8 Å². The monoisotopic (exact) mass is 373 g/mol. The zero-order valence-corrected chi connectivity index (χ0v) is 15.0. The van der Waals surface area contributed by atoms with E-state index in [4.69, 9.17) is 10.3 Å². The van der Waals surface area contributed by atoms with E-state index in [1.807, 2.05) is 36.6 Å². The summed E-state index contributed by atoms with van der Waals surface area (Å²) < 4.78 is 7.63. The van der Waals surface area contributed by atoms with Gasteiger partial charge in [0.1, 0.15) is 6.23 Å². The Morgan fingerprint density at radius 3 is 2.88 bits per heavy atom. The van der Waals surface area contributed by atoms with Crippen molar-refractivity contribution in [2.24, 2.45) is 5.11 Å². The molecule has 2 aromatic rings. The third-order valence-electron chi connectivity index (χ3n) is 4.30. The van der Waals surface area contributed by atoms with Gasteiger partial charge in [0.15, 0.2) is 5.16 Å². The number of nitrogens with zero attached hydrogens (tertiary/aromatic N) is 5. The van der Waals surface area contributed by atoms with E-state index in [2.05, 4.69) is 15.0 Å². The van der Waals surface area contributed by atoms with Crippen molar-refractivity contribution in [1.29, 1.82) is 0 Å². The Morgan fingerprint density at radius 2 is 2.23 bits per heavy atom. The summed E-state index contributed by atoms with van der Waals surface area (Å²) in [5.74, 6) is 0. The van der Waals surface area contributed by atoms with Crippen molar-refractivity contribution in [3.05, 3.63) is 68.5 Å². The lowest BCUT2D eigenvalue weighted by molar-refractivity contribution is -0.0297. The number of azide groups is 1. The molecule has 1 aliphatic heterocycles. The Labute approximate surface area is 154 Å². The first-order chi connectivity index (χ1) is 12.7. The summed E-state index contributed by atoms with van der Waals surface area (Å²) in [6.07, 6.45) is 3.45. The minimum absolute atomic E-state index is 0.237. The zero-order chi connectivity index (χ0) is 18.5. The van der Waals surface area contributed by atoms with Crippen LogP contribution in [0.3, 0.4) is 0 Å². The highest BCUT2D eigenvalue weighted by Crippen LogP contribution is 2.33. The zero-order valence-electron chi connectivity index (χ0n) is 14.2. The lowest BCUT2D eigenvalue weighted by Gasteiger charge is -2.19. The Hall–Kier alpha value is -2.32. The maximum Gasteiger partial charge on any atom is 0.277 e. The van der Waals surface area contributed by atoms with Gasteiger partial charge in [0.05, 0.1) is 18.8 Å². The molecule has 1 aromatic carbocycles. The van der Waals surface area contributed by atoms with Crippen molar-refractivity contribution in [1.82, 2.24) is 9.55 Å². The Kier molecular flexibility index (Phi) is 5.95. The third kappa shape index (κ3) is 3.91. The molecule has 1 N–H and O–H groups in total. The molecule has 0 spiro atoms. The molecule has 0 radical (unpaired) electrons. The van der Waals surface area contributed by atoms with Gasteiger partial charge in [-0.25, -0.2) is 0 Å². The van der Waals surface area contributed by atoms with E-state index in [1.54, 1.807) is 10.8 Å². The number of aliphatic hydroxyl groups excluding tert-OH is 1. The maximum absolute atomic E-state index is 12.4. The van der Waals surface area contributed by atoms with E-state index in [0.29, 0.717) is 23.6 Å². The average Bonchev–Trinajstić information content (AvgIpc) is 3.07. The average molecular weight is 373 g/mol. The van der Waals surface area contributed by atoms with Gasteiger partial charge in [-0.2, -0.15) is 4.98 Å². The number of aromatic nitrogens is 2. The van der Waals surface area contributed by atoms with Gasteiger partial charge >= 0.3 is 0 Å². The molecule has 2 heterocycles. The minimum atomic E-state index is -0.567. The van der Waals surface area contributed by atoms with Gasteiger partial charge in [0.2, 0.25) is 0 Å². The van der Waals surface area contributed by atoms with Crippen molar-refractivity contribution < 1.29 is 9.84 Å². The van der Waals surface area contributed by atoms with Crippen LogP contribution in [0.4, 0.5) is 0 Å². The summed E-state index contributed by atoms with van der Waals surface area (Å²) in [5.41, 5.74) is 10.0. The first-order valence-corrected chi connectivity index (χ1v) is 9.39. The van der Waals surface area contributed by atoms with Crippen LogP contribution in [-0.2, 0) is 11.2 Å². The number of ether oxygens (including phenoxy) is 1. The molecule has 0 unspecified atom stereocenters. The van der Waals surface area contributed by atoms with Gasteiger partial charge in [-0.05, 0) is 17.4 Å². The Bertz CT molecular complexity index is 866.